The first kappa shape index (κ1) is 8.52. The first-order valence-corrected chi connectivity index (χ1v) is 4.76. The molecule has 0 spiro atoms. The Bertz CT molecular complexity index is 206. The van der Waals surface area contributed by atoms with Crippen LogP contribution in [0.1, 0.15) is 33.6 Å². The third-order valence-electron chi connectivity index (χ3n) is 3.98. The van der Waals surface area contributed by atoms with E-state index < -0.39 is 5.60 Å². The zero-order valence-corrected chi connectivity index (χ0v) is 8.04. The van der Waals surface area contributed by atoms with Gasteiger partial charge in [-0.05, 0) is 43.9 Å². The summed E-state index contributed by atoms with van der Waals surface area (Å²) in [4.78, 5) is 0. The van der Waals surface area contributed by atoms with Crippen molar-refractivity contribution in [1.82, 2.24) is 0 Å². The van der Waals surface area contributed by atoms with E-state index in [1.807, 2.05) is 13.8 Å². The minimum atomic E-state index is -0.611. The monoisotopic (exact) mass is 170 g/mol. The summed E-state index contributed by atoms with van der Waals surface area (Å²) in [6, 6.07) is 0. The van der Waals surface area contributed by atoms with Crippen LogP contribution in [0.5, 0.6) is 0 Å². The molecule has 2 fully saturated rings. The molecule has 2 saturated carbocycles. The third kappa shape index (κ3) is 0.944. The van der Waals surface area contributed by atoms with E-state index in [4.69, 9.17) is 0 Å². The quantitative estimate of drug-likeness (QED) is 0.620. The molecule has 0 aromatic rings. The summed E-state index contributed by atoms with van der Waals surface area (Å²) in [6.45, 7) is 5.84. The van der Waals surface area contributed by atoms with Crippen molar-refractivity contribution in [2.45, 2.75) is 45.3 Å². The lowest BCUT2D eigenvalue weighted by molar-refractivity contribution is 0.00104. The number of hydrogen-bond acceptors (Lipinski definition) is 2. The molecule has 0 aromatic heterocycles. The fraction of sp³-hybridized carbons (Fsp3) is 1.00. The molecule has 2 aliphatic carbocycles. The zero-order chi connectivity index (χ0) is 9.15. The molecule has 12 heavy (non-hydrogen) atoms. The molecule has 4 atom stereocenters. The topological polar surface area (TPSA) is 40.5 Å². The normalized spacial score (nSPS) is 52.2. The van der Waals surface area contributed by atoms with Gasteiger partial charge in [0.05, 0.1) is 11.7 Å². The van der Waals surface area contributed by atoms with Gasteiger partial charge in [0.1, 0.15) is 0 Å². The van der Waals surface area contributed by atoms with E-state index in [0.717, 1.165) is 12.8 Å². The average Bonchev–Trinajstić information content (AvgIpc) is 2.49. The van der Waals surface area contributed by atoms with Crippen molar-refractivity contribution < 1.29 is 10.2 Å². The van der Waals surface area contributed by atoms with Crippen molar-refractivity contribution in [2.24, 2.45) is 17.3 Å². The maximum atomic E-state index is 9.84. The lowest BCUT2D eigenvalue weighted by atomic mass is 9.86. The van der Waals surface area contributed by atoms with Gasteiger partial charge in [-0.1, -0.05) is 6.92 Å². The molecule has 0 aromatic carbocycles. The molecule has 2 nitrogen and oxygen atoms in total. The summed E-state index contributed by atoms with van der Waals surface area (Å²) in [5, 5.41) is 19.6. The summed E-state index contributed by atoms with van der Waals surface area (Å²) < 4.78 is 0. The van der Waals surface area contributed by atoms with Gasteiger partial charge in [0.25, 0.3) is 0 Å². The van der Waals surface area contributed by atoms with Gasteiger partial charge in [0.15, 0.2) is 0 Å². The van der Waals surface area contributed by atoms with E-state index in [-0.39, 0.29) is 11.5 Å². The molecule has 1 unspecified atom stereocenters. The van der Waals surface area contributed by atoms with Crippen molar-refractivity contribution >= 4 is 0 Å². The second-order valence-electron chi connectivity index (χ2n) is 5.33. The van der Waals surface area contributed by atoms with Crippen LogP contribution in [0.4, 0.5) is 0 Å². The molecule has 70 valence electrons. The van der Waals surface area contributed by atoms with Crippen molar-refractivity contribution in [3.05, 3.63) is 0 Å². The van der Waals surface area contributed by atoms with Crippen molar-refractivity contribution in [1.29, 1.82) is 0 Å². The molecule has 0 amide bonds. The van der Waals surface area contributed by atoms with Crippen LogP contribution in [-0.2, 0) is 0 Å². The van der Waals surface area contributed by atoms with Gasteiger partial charge in [0.2, 0.25) is 0 Å². The van der Waals surface area contributed by atoms with Crippen molar-refractivity contribution in [3.63, 3.8) is 0 Å². The summed E-state index contributed by atoms with van der Waals surface area (Å²) in [5.41, 5.74) is -0.468. The minimum absolute atomic E-state index is 0.144. The Morgan fingerprint density at radius 3 is 2.17 bits per heavy atom. The number of aliphatic hydroxyl groups is 2. The maximum Gasteiger partial charge on any atom is 0.0623 e. The van der Waals surface area contributed by atoms with Gasteiger partial charge in [-0.2, -0.15) is 0 Å². The highest BCUT2D eigenvalue weighted by Gasteiger charge is 2.66. The number of aliphatic hydroxyl groups excluding tert-OH is 1. The average molecular weight is 170 g/mol. The Hall–Kier alpha value is -0.0800. The highest BCUT2D eigenvalue weighted by Crippen LogP contribution is 2.67. The highest BCUT2D eigenvalue weighted by atomic mass is 16.3. The molecule has 0 bridgehead atoms. The molecule has 0 radical (unpaired) electrons. The van der Waals surface area contributed by atoms with Gasteiger partial charge >= 0.3 is 0 Å². The van der Waals surface area contributed by atoms with Crippen LogP contribution < -0.4 is 0 Å². The standard InChI is InChI=1S/C10H18O2/c1-9(2,12)6-4-8(11)10(3)5-7(6)10/h6-8,11-12H,4-5H2,1-3H3/t6-,7+,8?,10+/m1/s1. The van der Waals surface area contributed by atoms with Gasteiger partial charge in [-0.3, -0.25) is 0 Å². The molecule has 2 heteroatoms. The molecular weight excluding hydrogens is 152 g/mol. The molecule has 0 saturated heterocycles. The Morgan fingerprint density at radius 2 is 2.00 bits per heavy atom. The first-order valence-electron chi connectivity index (χ1n) is 4.76. The third-order valence-corrected chi connectivity index (χ3v) is 3.98. The van der Waals surface area contributed by atoms with Crippen LogP contribution in [0, 0.1) is 17.3 Å². The molecule has 0 heterocycles. The van der Waals surface area contributed by atoms with E-state index in [1.54, 1.807) is 0 Å². The zero-order valence-electron chi connectivity index (χ0n) is 8.04. The molecular formula is C10H18O2. The van der Waals surface area contributed by atoms with Crippen LogP contribution >= 0.6 is 0 Å². The van der Waals surface area contributed by atoms with Gasteiger partial charge in [-0.25, -0.2) is 0 Å². The minimum Gasteiger partial charge on any atom is -0.393 e. The van der Waals surface area contributed by atoms with Crippen molar-refractivity contribution in [3.8, 4) is 0 Å². The summed E-state index contributed by atoms with van der Waals surface area (Å²) in [5.74, 6) is 0.866. The highest BCUT2D eigenvalue weighted by molar-refractivity contribution is 5.15. The smallest absolute Gasteiger partial charge is 0.0623 e. The van der Waals surface area contributed by atoms with Gasteiger partial charge in [-0.15, -0.1) is 0 Å². The fourth-order valence-electron chi connectivity index (χ4n) is 2.85. The van der Waals surface area contributed by atoms with E-state index in [0.29, 0.717) is 11.8 Å². The van der Waals surface area contributed by atoms with Crippen molar-refractivity contribution in [2.75, 3.05) is 0 Å². The van der Waals surface area contributed by atoms with E-state index in [1.165, 1.54) is 0 Å². The lowest BCUT2D eigenvalue weighted by Crippen LogP contribution is -2.31. The first-order chi connectivity index (χ1) is 5.36. The molecule has 0 aliphatic heterocycles. The van der Waals surface area contributed by atoms with Gasteiger partial charge < -0.3 is 10.2 Å². The second kappa shape index (κ2) is 2.05. The number of hydrogen-bond donors (Lipinski definition) is 2. The van der Waals surface area contributed by atoms with Crippen LogP contribution in [0.2, 0.25) is 0 Å². The SMILES string of the molecule is CC(C)(O)[C@@H]1CC(O)[C@@]2(C)C[C@@H]12. The van der Waals surface area contributed by atoms with Gasteiger partial charge in [0, 0.05) is 0 Å². The van der Waals surface area contributed by atoms with Crippen LogP contribution in [0.15, 0.2) is 0 Å². The van der Waals surface area contributed by atoms with E-state index in [2.05, 4.69) is 6.92 Å². The number of rotatable bonds is 1. The summed E-state index contributed by atoms with van der Waals surface area (Å²) in [6.07, 6.45) is 1.70. The largest absolute Gasteiger partial charge is 0.393 e. The predicted octanol–water partition coefficient (Wildman–Crippen LogP) is 1.16. The molecule has 2 aliphatic rings. The Balaban J connectivity index is 2.15. The van der Waals surface area contributed by atoms with Crippen LogP contribution in [0.3, 0.4) is 0 Å². The van der Waals surface area contributed by atoms with E-state index in [9.17, 15) is 10.2 Å². The second-order valence-corrected chi connectivity index (χ2v) is 5.33. The Morgan fingerprint density at radius 1 is 1.42 bits per heavy atom. The fourth-order valence-corrected chi connectivity index (χ4v) is 2.85. The maximum absolute atomic E-state index is 9.84. The lowest BCUT2D eigenvalue weighted by Gasteiger charge is -2.27. The van der Waals surface area contributed by atoms with Crippen LogP contribution in [-0.4, -0.2) is 21.9 Å². The summed E-state index contributed by atoms with van der Waals surface area (Å²) in [7, 11) is 0. The van der Waals surface area contributed by atoms with Crippen LogP contribution in [0.25, 0.3) is 0 Å². The number of fused-ring (bicyclic) bond motifs is 1. The molecule has 2 rings (SSSR count). The Labute approximate surface area is 73.6 Å². The van der Waals surface area contributed by atoms with E-state index >= 15 is 0 Å². The molecule has 2 N–H and O–H groups in total. The predicted molar refractivity (Wildman–Crippen MR) is 46.6 cm³/mol. The summed E-state index contributed by atoms with van der Waals surface area (Å²) >= 11 is 0. The Kier molecular flexibility index (Phi) is 1.45.